The summed E-state index contributed by atoms with van der Waals surface area (Å²) in [5, 5.41) is 1.04. The van der Waals surface area contributed by atoms with Gasteiger partial charge in [-0.1, -0.05) is 54.6 Å². The molecule has 0 saturated carbocycles. The first-order valence-corrected chi connectivity index (χ1v) is 9.10. The number of pyridine rings is 1. The van der Waals surface area contributed by atoms with E-state index < -0.39 is 0 Å². The van der Waals surface area contributed by atoms with Crippen LogP contribution in [-0.2, 0) is 0 Å². The van der Waals surface area contributed by atoms with Gasteiger partial charge in [0.2, 0.25) is 0 Å². The quantitative estimate of drug-likeness (QED) is 0.365. The maximum absolute atomic E-state index is 4.99. The molecule has 0 atom stereocenters. The molecule has 0 saturated heterocycles. The first-order chi connectivity index (χ1) is 12.2. The summed E-state index contributed by atoms with van der Waals surface area (Å²) in [7, 11) is 0. The van der Waals surface area contributed by atoms with Gasteiger partial charge in [0.1, 0.15) is 10.7 Å². The minimum absolute atomic E-state index is 0. The van der Waals surface area contributed by atoms with Crippen LogP contribution in [0.15, 0.2) is 72.9 Å². The molecular formula is C22H19BrN2S. The Hall–Kier alpha value is -2.30. The van der Waals surface area contributed by atoms with Crippen molar-refractivity contribution >= 4 is 28.3 Å². The lowest BCUT2D eigenvalue weighted by Gasteiger charge is -2.05. The summed E-state index contributed by atoms with van der Waals surface area (Å²) >= 11 is 1.74. The van der Waals surface area contributed by atoms with Crippen molar-refractivity contribution in [2.45, 2.75) is 13.8 Å². The number of nitrogens with zero attached hydrogens (tertiary/aromatic N) is 2. The molecule has 0 bridgehead atoms. The van der Waals surface area contributed by atoms with E-state index in [0.29, 0.717) is 0 Å². The predicted octanol–water partition coefficient (Wildman–Crippen LogP) is 6.73. The lowest BCUT2D eigenvalue weighted by atomic mass is 10.1. The van der Waals surface area contributed by atoms with E-state index in [1.807, 2.05) is 24.4 Å². The fourth-order valence-corrected chi connectivity index (χ4v) is 4.19. The van der Waals surface area contributed by atoms with Gasteiger partial charge in [0.15, 0.2) is 0 Å². The normalized spacial score (nSPS) is 10.4. The Balaban J connectivity index is 0.00000196. The second kappa shape index (κ2) is 7.94. The summed E-state index contributed by atoms with van der Waals surface area (Å²) in [5.41, 5.74) is 6.76. The Morgan fingerprint density at radius 1 is 0.731 bits per heavy atom. The fourth-order valence-electron chi connectivity index (χ4n) is 2.93. The minimum Gasteiger partial charge on any atom is -0.255 e. The van der Waals surface area contributed by atoms with Crippen LogP contribution >= 0.6 is 28.3 Å². The van der Waals surface area contributed by atoms with Crippen molar-refractivity contribution < 1.29 is 0 Å². The molecule has 0 aliphatic rings. The molecule has 0 amide bonds. The molecule has 0 aliphatic heterocycles. The Bertz CT molecular complexity index is 1030. The number of aryl methyl sites for hydroxylation is 2. The first kappa shape index (κ1) is 18.5. The van der Waals surface area contributed by atoms with Gasteiger partial charge in [-0.15, -0.1) is 28.3 Å². The summed E-state index contributed by atoms with van der Waals surface area (Å²) in [6.45, 7) is 4.27. The van der Waals surface area contributed by atoms with E-state index in [9.17, 15) is 0 Å². The summed E-state index contributed by atoms with van der Waals surface area (Å²) in [5.74, 6) is 0. The van der Waals surface area contributed by atoms with Crippen LogP contribution in [0.2, 0.25) is 0 Å². The maximum atomic E-state index is 4.99. The van der Waals surface area contributed by atoms with Crippen LogP contribution in [0.3, 0.4) is 0 Å². The third kappa shape index (κ3) is 3.48. The van der Waals surface area contributed by atoms with E-state index in [4.69, 9.17) is 4.98 Å². The number of aromatic nitrogens is 2. The SMILES string of the molecule is Br.Cc1ccccc1-c1nc(-c2ccccn2)c(-c2ccccc2C)s1. The highest BCUT2D eigenvalue weighted by molar-refractivity contribution is 8.93. The summed E-state index contributed by atoms with van der Waals surface area (Å²) < 4.78 is 0. The number of benzene rings is 2. The molecular weight excluding hydrogens is 404 g/mol. The standard InChI is InChI=1S/C22H18N2S.BrH/c1-15-9-3-5-11-17(15)21-20(19-13-7-8-14-23-19)24-22(25-21)18-12-6-4-10-16(18)2;/h3-14H,1-2H3;1H. The van der Waals surface area contributed by atoms with Crippen molar-refractivity contribution in [3.8, 4) is 32.4 Å². The van der Waals surface area contributed by atoms with Crippen LogP contribution < -0.4 is 0 Å². The highest BCUT2D eigenvalue weighted by Gasteiger charge is 2.18. The minimum atomic E-state index is 0. The largest absolute Gasteiger partial charge is 0.255 e. The van der Waals surface area contributed by atoms with E-state index in [1.165, 1.54) is 27.1 Å². The number of halogens is 1. The van der Waals surface area contributed by atoms with Crippen molar-refractivity contribution in [1.29, 1.82) is 0 Å². The molecule has 130 valence electrons. The third-order valence-electron chi connectivity index (χ3n) is 4.30. The third-order valence-corrected chi connectivity index (χ3v) is 5.42. The molecule has 4 rings (SSSR count). The number of hydrogen-bond acceptors (Lipinski definition) is 3. The molecule has 2 heterocycles. The van der Waals surface area contributed by atoms with Gasteiger partial charge in [0.25, 0.3) is 0 Å². The summed E-state index contributed by atoms with van der Waals surface area (Å²) in [6.07, 6.45) is 1.82. The lowest BCUT2D eigenvalue weighted by molar-refractivity contribution is 1.28. The van der Waals surface area contributed by atoms with Crippen molar-refractivity contribution in [1.82, 2.24) is 9.97 Å². The summed E-state index contributed by atoms with van der Waals surface area (Å²) in [6, 6.07) is 22.8. The van der Waals surface area contributed by atoms with Crippen LogP contribution in [0.5, 0.6) is 0 Å². The molecule has 2 aromatic heterocycles. The van der Waals surface area contributed by atoms with Gasteiger partial charge in [-0.3, -0.25) is 4.98 Å². The predicted molar refractivity (Wildman–Crippen MR) is 116 cm³/mol. The Morgan fingerprint density at radius 2 is 1.35 bits per heavy atom. The van der Waals surface area contributed by atoms with Gasteiger partial charge in [0.05, 0.1) is 10.6 Å². The van der Waals surface area contributed by atoms with Crippen molar-refractivity contribution in [2.75, 3.05) is 0 Å². The van der Waals surface area contributed by atoms with E-state index in [0.717, 1.165) is 16.4 Å². The van der Waals surface area contributed by atoms with Gasteiger partial charge < -0.3 is 0 Å². The maximum Gasteiger partial charge on any atom is 0.124 e. The van der Waals surface area contributed by atoms with E-state index in [-0.39, 0.29) is 17.0 Å². The summed E-state index contributed by atoms with van der Waals surface area (Å²) in [4.78, 5) is 10.7. The smallest absolute Gasteiger partial charge is 0.124 e. The Kier molecular flexibility index (Phi) is 5.64. The van der Waals surface area contributed by atoms with E-state index in [2.05, 4.69) is 67.4 Å². The average Bonchev–Trinajstić information content (AvgIpc) is 3.08. The monoisotopic (exact) mass is 422 g/mol. The van der Waals surface area contributed by atoms with Crippen LogP contribution in [0, 0.1) is 13.8 Å². The van der Waals surface area contributed by atoms with E-state index >= 15 is 0 Å². The molecule has 0 unspecified atom stereocenters. The molecule has 0 radical (unpaired) electrons. The van der Waals surface area contributed by atoms with E-state index in [1.54, 1.807) is 11.3 Å². The van der Waals surface area contributed by atoms with Crippen LogP contribution in [-0.4, -0.2) is 9.97 Å². The average molecular weight is 423 g/mol. The van der Waals surface area contributed by atoms with Crippen molar-refractivity contribution in [3.63, 3.8) is 0 Å². The zero-order valence-corrected chi connectivity index (χ0v) is 17.2. The highest BCUT2D eigenvalue weighted by atomic mass is 79.9. The van der Waals surface area contributed by atoms with Gasteiger partial charge in [-0.05, 0) is 42.7 Å². The Morgan fingerprint density at radius 3 is 1.96 bits per heavy atom. The van der Waals surface area contributed by atoms with Gasteiger partial charge >= 0.3 is 0 Å². The van der Waals surface area contributed by atoms with Crippen LogP contribution in [0.1, 0.15) is 11.1 Å². The molecule has 0 fully saturated rings. The van der Waals surface area contributed by atoms with Gasteiger partial charge in [-0.25, -0.2) is 4.98 Å². The molecule has 26 heavy (non-hydrogen) atoms. The molecule has 4 aromatic rings. The van der Waals surface area contributed by atoms with Gasteiger partial charge in [-0.2, -0.15) is 0 Å². The molecule has 0 N–H and O–H groups in total. The van der Waals surface area contributed by atoms with Gasteiger partial charge in [0, 0.05) is 11.8 Å². The second-order valence-electron chi connectivity index (χ2n) is 6.04. The lowest BCUT2D eigenvalue weighted by Crippen LogP contribution is -1.87. The van der Waals surface area contributed by atoms with Crippen molar-refractivity contribution in [3.05, 3.63) is 84.1 Å². The zero-order valence-electron chi connectivity index (χ0n) is 14.6. The topological polar surface area (TPSA) is 25.8 Å². The first-order valence-electron chi connectivity index (χ1n) is 8.28. The second-order valence-corrected chi connectivity index (χ2v) is 7.04. The molecule has 2 aromatic carbocycles. The van der Waals surface area contributed by atoms with Crippen LogP contribution in [0.25, 0.3) is 32.4 Å². The molecule has 2 nitrogen and oxygen atoms in total. The number of hydrogen-bond donors (Lipinski definition) is 0. The number of thiazole rings is 1. The molecule has 0 aliphatic carbocycles. The molecule has 0 spiro atoms. The molecule has 4 heteroatoms. The zero-order chi connectivity index (χ0) is 17.2. The number of rotatable bonds is 3. The Labute approximate surface area is 168 Å². The highest BCUT2D eigenvalue weighted by Crippen LogP contribution is 2.41. The van der Waals surface area contributed by atoms with Crippen LogP contribution in [0.4, 0.5) is 0 Å². The van der Waals surface area contributed by atoms with Crippen molar-refractivity contribution in [2.24, 2.45) is 0 Å². The fraction of sp³-hybridized carbons (Fsp3) is 0.0909.